The van der Waals surface area contributed by atoms with Crippen LogP contribution >= 0.6 is 0 Å². The number of hydrogen-bond acceptors (Lipinski definition) is 12. The van der Waals surface area contributed by atoms with Gasteiger partial charge >= 0.3 is 2.85 Å². The van der Waals surface area contributed by atoms with Gasteiger partial charge in [-0.2, -0.15) is 0 Å². The molecule has 0 saturated carbocycles. The maximum Gasteiger partial charge on any atom is 1.00 e. The molecule has 6 N–H and O–H groups in total. The molecule has 0 aromatic heterocycles. The highest BCUT2D eigenvalue weighted by molar-refractivity contribution is 5.80. The van der Waals surface area contributed by atoms with Gasteiger partial charge in [0.25, 0.3) is 0 Å². The molecule has 4 aliphatic rings. The van der Waals surface area contributed by atoms with Gasteiger partial charge in [0.05, 0.1) is 65.9 Å². The van der Waals surface area contributed by atoms with Gasteiger partial charge in [-0.25, -0.2) is 0 Å². The summed E-state index contributed by atoms with van der Waals surface area (Å²) in [5.41, 5.74) is 7.92. The number of hydrogen-bond donors (Lipinski definition) is 6. The fourth-order valence-corrected chi connectivity index (χ4v) is 7.17. The fourth-order valence-electron chi connectivity index (χ4n) is 7.17. The number of benzene rings is 4. The molecule has 4 heterocycles. The summed E-state index contributed by atoms with van der Waals surface area (Å²) in [5, 5.41) is 57.8. The molecule has 0 radical (unpaired) electrons. The smallest absolute Gasteiger partial charge is 0.507 e. The van der Waals surface area contributed by atoms with Crippen molar-refractivity contribution in [2.75, 3.05) is 47.1 Å². The molecule has 0 amide bonds. The molecule has 4 aliphatic heterocycles. The molecule has 4 bridgehead atoms. The highest BCUT2D eigenvalue weighted by Crippen LogP contribution is 2.33. The summed E-state index contributed by atoms with van der Waals surface area (Å²) in [6, 6.07) is 14.4. The van der Waals surface area contributed by atoms with E-state index in [1.807, 2.05) is 24.3 Å². The minimum Gasteiger partial charge on any atom is -0.507 e. The van der Waals surface area contributed by atoms with Crippen molar-refractivity contribution in [3.63, 3.8) is 0 Å². The molecule has 12 heteroatoms. The lowest BCUT2D eigenvalue weighted by Gasteiger charge is -2.56. The number of phenolic OH excluding ortho intramolecular Hbond substituents is 2. The number of methoxy groups -OCH3 is 1. The van der Waals surface area contributed by atoms with E-state index < -0.39 is 0 Å². The van der Waals surface area contributed by atoms with Gasteiger partial charge in [-0.15, -0.1) is 0 Å². The third kappa shape index (κ3) is 9.02. The molecule has 0 aliphatic carbocycles. The van der Waals surface area contributed by atoms with Crippen LogP contribution in [0, 0.1) is 27.7 Å². The number of aliphatic hydroxyl groups excluding tert-OH is 2. The van der Waals surface area contributed by atoms with E-state index in [0.29, 0.717) is 41.6 Å². The van der Waals surface area contributed by atoms with Gasteiger partial charge in [0.15, 0.2) is 17.8 Å². The molecule has 0 atom stereocenters. The number of aldehydes is 1. The van der Waals surface area contributed by atoms with Crippen LogP contribution in [-0.4, -0.2) is 104 Å². The Hall–Kier alpha value is -4.69. The van der Waals surface area contributed by atoms with E-state index in [4.69, 9.17) is 4.74 Å². The third-order valence-corrected chi connectivity index (χ3v) is 9.50. The molecule has 4 fully saturated rings. The van der Waals surface area contributed by atoms with Gasteiger partial charge in [-0.3, -0.25) is 24.4 Å². The highest BCUT2D eigenvalue weighted by Gasteiger charge is 2.36. The Morgan fingerprint density at radius 1 is 0.558 bits per heavy atom. The lowest BCUT2D eigenvalue weighted by molar-refractivity contribution is -0.194. The number of nitrogens with zero attached hydrogens (tertiary/aromatic N) is 4. The number of aryl methyl sites for hydroxylation is 4. The fraction of sp³-hybridized carbons (Fsp3) is 0.375. The number of carbonyl (C=O) groups is 1. The van der Waals surface area contributed by atoms with Gasteiger partial charge in [0.1, 0.15) is 17.2 Å². The normalized spacial score (nSPS) is 19.7. The number of carbonyl (C=O) groups excluding carboxylic acids is 1. The van der Waals surface area contributed by atoms with Crippen molar-refractivity contribution < 1.29 is 43.0 Å². The summed E-state index contributed by atoms with van der Waals surface area (Å²) < 4.78 is 5.15. The van der Waals surface area contributed by atoms with Gasteiger partial charge in [0, 0.05) is 11.1 Å². The summed E-state index contributed by atoms with van der Waals surface area (Å²) in [7, 11) is 1.51. The Morgan fingerprint density at radius 3 is 1.27 bits per heavy atom. The average Bonchev–Trinajstić information content (AvgIpc) is 3.10. The topological polar surface area (TPSA) is 161 Å². The molecule has 4 saturated heterocycles. The Balaban J connectivity index is 0.000000225. The summed E-state index contributed by atoms with van der Waals surface area (Å²) in [6.45, 7) is 13.8. The molecular formula is C40H52N4O8+2. The zero-order chi connectivity index (χ0) is 37.7. The first-order chi connectivity index (χ1) is 24.8. The van der Waals surface area contributed by atoms with Gasteiger partial charge in [-0.05, 0) is 109 Å². The zero-order valence-corrected chi connectivity index (χ0v) is 30.6. The van der Waals surface area contributed by atoms with Crippen molar-refractivity contribution in [1.29, 1.82) is 0 Å². The number of ether oxygens (including phenoxy) is 1. The van der Waals surface area contributed by atoms with Crippen LogP contribution in [0.4, 0.5) is 0 Å². The van der Waals surface area contributed by atoms with E-state index in [1.54, 1.807) is 52.0 Å². The summed E-state index contributed by atoms with van der Waals surface area (Å²) in [6.07, 6.45) is 1.83. The summed E-state index contributed by atoms with van der Waals surface area (Å²) in [5.74, 6) is 0.833. The van der Waals surface area contributed by atoms with Crippen LogP contribution in [0.15, 0.2) is 48.5 Å². The lowest BCUT2D eigenvalue weighted by atomic mass is 9.96. The molecule has 52 heavy (non-hydrogen) atoms. The van der Waals surface area contributed by atoms with Crippen molar-refractivity contribution in [3.8, 4) is 28.7 Å². The van der Waals surface area contributed by atoms with Gasteiger partial charge < -0.3 is 35.4 Å². The minimum atomic E-state index is -0.211. The molecule has 8 rings (SSSR count). The van der Waals surface area contributed by atoms with E-state index in [1.165, 1.54) is 47.1 Å². The summed E-state index contributed by atoms with van der Waals surface area (Å²) >= 11 is 0. The van der Waals surface area contributed by atoms with Crippen molar-refractivity contribution in [1.82, 2.24) is 19.6 Å². The Labute approximate surface area is 307 Å². The monoisotopic (exact) mass is 716 g/mol. The lowest BCUT2D eigenvalue weighted by Crippen LogP contribution is -2.71. The van der Waals surface area contributed by atoms with E-state index in [-0.39, 0.29) is 44.6 Å². The minimum absolute atomic E-state index is 0. The average molecular weight is 717 g/mol. The van der Waals surface area contributed by atoms with Gasteiger partial charge in [0.2, 0.25) is 0 Å². The highest BCUT2D eigenvalue weighted by atomic mass is 16.5. The van der Waals surface area contributed by atoms with E-state index in [0.717, 1.165) is 38.9 Å². The Morgan fingerprint density at radius 2 is 0.904 bits per heavy atom. The number of phenols is 4. The summed E-state index contributed by atoms with van der Waals surface area (Å²) in [4.78, 5) is 20.8. The van der Waals surface area contributed by atoms with Crippen LogP contribution in [0.3, 0.4) is 0 Å². The quantitative estimate of drug-likeness (QED) is 0.141. The second kappa shape index (κ2) is 16.8. The van der Waals surface area contributed by atoms with Crippen LogP contribution in [0.2, 0.25) is 0 Å². The number of aliphatic hydroxyl groups is 2. The predicted molar refractivity (Wildman–Crippen MR) is 200 cm³/mol. The van der Waals surface area contributed by atoms with Crippen molar-refractivity contribution in [2.24, 2.45) is 0 Å². The zero-order valence-electron chi connectivity index (χ0n) is 32.6. The molecule has 12 nitrogen and oxygen atoms in total. The first kappa shape index (κ1) is 38.5. The maximum absolute atomic E-state index is 11.0. The van der Waals surface area contributed by atoms with Crippen molar-refractivity contribution in [2.45, 2.75) is 53.8 Å². The van der Waals surface area contributed by atoms with E-state index in [2.05, 4.69) is 19.6 Å². The van der Waals surface area contributed by atoms with Crippen LogP contribution in [-0.2, 0) is 26.1 Å². The Kier molecular flexibility index (Phi) is 12.4. The van der Waals surface area contributed by atoms with Gasteiger partial charge in [-0.1, -0.05) is 24.3 Å². The second-order valence-electron chi connectivity index (χ2n) is 14.0. The molecule has 4 aromatic carbocycles. The van der Waals surface area contributed by atoms with Crippen molar-refractivity contribution in [3.05, 3.63) is 110 Å². The molecular weight excluding hydrogens is 664 g/mol. The van der Waals surface area contributed by atoms with Crippen LogP contribution in [0.25, 0.3) is 0 Å². The van der Waals surface area contributed by atoms with Crippen LogP contribution < -0.4 is 4.74 Å². The molecule has 0 unspecified atom stereocenters. The predicted octanol–water partition coefficient (Wildman–Crippen LogP) is 4.62. The largest absolute Gasteiger partial charge is 1.00 e. The SMILES string of the molecule is C1N2CN3CN1CN(C2)C3.COc1cc(Cc2cc(C)c(O)c(C=O)c2)cc(C)c1O.Cc1cc(Cc2cc(C)c(O)c(CO)c2)cc(CO)c1O.[H+].[H+]. The van der Waals surface area contributed by atoms with Crippen LogP contribution in [0.5, 0.6) is 28.7 Å². The third-order valence-electron chi connectivity index (χ3n) is 9.50. The Bertz CT molecular complexity index is 1810. The molecule has 278 valence electrons. The number of aromatic hydroxyl groups is 4. The van der Waals surface area contributed by atoms with E-state index in [9.17, 15) is 35.4 Å². The van der Waals surface area contributed by atoms with Crippen LogP contribution in [0.1, 0.15) is 68.8 Å². The standard InChI is InChI=1S/C17H18O4.C17H20O4.C6H12N4/c1-10-4-12(7-14(9-18)16(10)19)6-13-5-11(2)17(20)15(8-13)21-3;1-10-3-12(6-14(8-18)16(10)20)5-13-4-11(2)17(21)15(7-13)9-19;1-7-2-9-4-8(1)5-10(3-7)6-9/h4-5,7-9,19-20H,6H2,1-3H3;3-4,6-7,18-21H,5,8-9H2,1-2H3;1-6H2/p+2. The molecule has 4 aromatic rings. The molecule has 0 spiro atoms. The second-order valence-corrected chi connectivity index (χ2v) is 14.0. The number of rotatable bonds is 8. The van der Waals surface area contributed by atoms with Crippen molar-refractivity contribution >= 4 is 6.29 Å². The maximum atomic E-state index is 11.0. The first-order valence-corrected chi connectivity index (χ1v) is 17.2. The first-order valence-electron chi connectivity index (χ1n) is 17.2. The van der Waals surface area contributed by atoms with E-state index >= 15 is 0 Å².